The number of H-pyrrole nitrogens is 1. The van der Waals surface area contributed by atoms with Crippen molar-refractivity contribution in [2.75, 3.05) is 13.1 Å². The number of nitrogens with one attached hydrogen (secondary N) is 2. The fourth-order valence-electron chi connectivity index (χ4n) is 3.83. The lowest BCUT2D eigenvalue weighted by molar-refractivity contribution is -0.132. The van der Waals surface area contributed by atoms with E-state index < -0.39 is 0 Å². The van der Waals surface area contributed by atoms with Gasteiger partial charge >= 0.3 is 0 Å². The molecule has 0 radical (unpaired) electrons. The molecule has 1 aliphatic heterocycles. The Bertz CT molecular complexity index is 958. The first-order valence-electron chi connectivity index (χ1n) is 10.4. The van der Waals surface area contributed by atoms with Crippen LogP contribution in [0.4, 0.5) is 0 Å². The van der Waals surface area contributed by atoms with Crippen LogP contribution in [0.3, 0.4) is 0 Å². The largest absolute Gasteiger partial charge is 0.467 e. The minimum absolute atomic E-state index is 0.208. The summed E-state index contributed by atoms with van der Waals surface area (Å²) < 4.78 is 5.22. The minimum atomic E-state index is -0.234. The van der Waals surface area contributed by atoms with Crippen LogP contribution in [0.5, 0.6) is 0 Å². The van der Waals surface area contributed by atoms with Gasteiger partial charge in [-0.25, -0.2) is 0 Å². The van der Waals surface area contributed by atoms with Crippen molar-refractivity contribution in [2.24, 2.45) is 0 Å². The zero-order chi connectivity index (χ0) is 20.8. The average Bonchev–Trinajstić information content (AvgIpc) is 3.49. The van der Waals surface area contributed by atoms with Gasteiger partial charge in [0.2, 0.25) is 5.91 Å². The van der Waals surface area contributed by atoms with Gasteiger partial charge in [0.1, 0.15) is 11.5 Å². The molecule has 0 unspecified atom stereocenters. The predicted molar refractivity (Wildman–Crippen MR) is 112 cm³/mol. The Morgan fingerprint density at radius 2 is 1.93 bits per heavy atom. The van der Waals surface area contributed by atoms with Crippen LogP contribution in [0.25, 0.3) is 0 Å². The van der Waals surface area contributed by atoms with Crippen molar-refractivity contribution in [2.45, 2.75) is 38.1 Å². The highest BCUT2D eigenvalue weighted by Gasteiger charge is 2.25. The van der Waals surface area contributed by atoms with E-state index in [4.69, 9.17) is 4.42 Å². The second-order valence-electron chi connectivity index (χ2n) is 7.61. The van der Waals surface area contributed by atoms with Crippen molar-refractivity contribution in [1.82, 2.24) is 20.4 Å². The SMILES string of the molecule is O=C(NCc1ccco1)c1cc(C2CCN(C(=O)CCc3ccccc3)CC2)[nH]n1. The second kappa shape index (κ2) is 9.43. The van der Waals surface area contributed by atoms with Crippen molar-refractivity contribution in [3.05, 3.63) is 77.5 Å². The number of likely N-dealkylation sites (tertiary alicyclic amines) is 1. The summed E-state index contributed by atoms with van der Waals surface area (Å²) in [7, 11) is 0. The summed E-state index contributed by atoms with van der Waals surface area (Å²) in [5.74, 6) is 0.952. The predicted octanol–water partition coefficient (Wildman–Crippen LogP) is 3.27. The topological polar surface area (TPSA) is 91.2 Å². The van der Waals surface area contributed by atoms with Crippen LogP contribution < -0.4 is 5.32 Å². The van der Waals surface area contributed by atoms with E-state index in [9.17, 15) is 9.59 Å². The average molecular weight is 406 g/mol. The van der Waals surface area contributed by atoms with Gasteiger partial charge in [-0.3, -0.25) is 14.7 Å². The Labute approximate surface area is 175 Å². The van der Waals surface area contributed by atoms with Crippen molar-refractivity contribution in [3.63, 3.8) is 0 Å². The maximum atomic E-state index is 12.5. The van der Waals surface area contributed by atoms with Gasteiger partial charge in [-0.2, -0.15) is 5.10 Å². The van der Waals surface area contributed by atoms with E-state index in [1.54, 1.807) is 12.3 Å². The molecule has 30 heavy (non-hydrogen) atoms. The number of piperidine rings is 1. The molecule has 0 saturated carbocycles. The van der Waals surface area contributed by atoms with Crippen molar-refractivity contribution in [3.8, 4) is 0 Å². The first kappa shape index (κ1) is 19.9. The number of nitrogens with zero attached hydrogens (tertiary/aromatic N) is 2. The molecule has 2 aromatic heterocycles. The summed E-state index contributed by atoms with van der Waals surface area (Å²) in [5.41, 5.74) is 2.52. The molecule has 0 aliphatic carbocycles. The smallest absolute Gasteiger partial charge is 0.272 e. The number of hydrogen-bond donors (Lipinski definition) is 2. The molecular weight excluding hydrogens is 380 g/mol. The first-order valence-corrected chi connectivity index (χ1v) is 10.4. The summed E-state index contributed by atoms with van der Waals surface area (Å²) in [6, 6.07) is 15.5. The molecule has 1 aromatic carbocycles. The van der Waals surface area contributed by atoms with E-state index in [0.717, 1.165) is 38.0 Å². The number of amides is 2. The molecule has 3 heterocycles. The highest BCUT2D eigenvalue weighted by molar-refractivity contribution is 5.92. The molecule has 4 rings (SSSR count). The molecule has 0 spiro atoms. The fourth-order valence-corrected chi connectivity index (χ4v) is 3.83. The van der Waals surface area contributed by atoms with Crippen molar-refractivity contribution in [1.29, 1.82) is 0 Å². The van der Waals surface area contributed by atoms with Crippen molar-refractivity contribution < 1.29 is 14.0 Å². The highest BCUT2D eigenvalue weighted by atomic mass is 16.3. The number of hydrogen-bond acceptors (Lipinski definition) is 4. The van der Waals surface area contributed by atoms with Gasteiger partial charge in [-0.1, -0.05) is 30.3 Å². The second-order valence-corrected chi connectivity index (χ2v) is 7.61. The van der Waals surface area contributed by atoms with Crippen LogP contribution in [0.1, 0.15) is 52.7 Å². The van der Waals surface area contributed by atoms with Gasteiger partial charge in [-0.15, -0.1) is 0 Å². The molecule has 1 fully saturated rings. The van der Waals surface area contributed by atoms with Crippen LogP contribution >= 0.6 is 0 Å². The molecular formula is C23H26N4O3. The monoisotopic (exact) mass is 406 g/mol. The molecule has 156 valence electrons. The quantitative estimate of drug-likeness (QED) is 0.630. The van der Waals surface area contributed by atoms with Gasteiger partial charge in [0.15, 0.2) is 0 Å². The Hall–Kier alpha value is -3.35. The summed E-state index contributed by atoms with van der Waals surface area (Å²) in [4.78, 5) is 26.8. The number of benzene rings is 1. The Morgan fingerprint density at radius 1 is 1.13 bits per heavy atom. The lowest BCUT2D eigenvalue weighted by Gasteiger charge is -2.31. The van der Waals surface area contributed by atoms with Crippen LogP contribution in [-0.4, -0.2) is 40.0 Å². The molecule has 3 aromatic rings. The number of aromatic amines is 1. The summed E-state index contributed by atoms with van der Waals surface area (Å²) in [5, 5.41) is 9.96. The number of aromatic nitrogens is 2. The summed E-state index contributed by atoms with van der Waals surface area (Å²) in [6.45, 7) is 1.80. The summed E-state index contributed by atoms with van der Waals surface area (Å²) in [6.07, 6.45) is 4.63. The third-order valence-electron chi connectivity index (χ3n) is 5.59. The normalized spacial score (nSPS) is 14.6. The molecule has 0 bridgehead atoms. The number of carbonyl (C=O) groups excluding carboxylic acids is 2. The lowest BCUT2D eigenvalue weighted by atomic mass is 9.93. The highest BCUT2D eigenvalue weighted by Crippen LogP contribution is 2.27. The van der Waals surface area contributed by atoms with E-state index in [2.05, 4.69) is 27.6 Å². The third kappa shape index (κ3) is 4.97. The number of furan rings is 1. The van der Waals surface area contributed by atoms with E-state index in [1.165, 1.54) is 5.56 Å². The Kier molecular flexibility index (Phi) is 6.27. The third-order valence-corrected chi connectivity index (χ3v) is 5.59. The Morgan fingerprint density at radius 3 is 2.67 bits per heavy atom. The molecule has 2 amide bonds. The zero-order valence-corrected chi connectivity index (χ0v) is 16.8. The summed E-state index contributed by atoms with van der Waals surface area (Å²) >= 11 is 0. The zero-order valence-electron chi connectivity index (χ0n) is 16.8. The molecule has 2 N–H and O–H groups in total. The van der Waals surface area contributed by atoms with E-state index in [-0.39, 0.29) is 17.7 Å². The minimum Gasteiger partial charge on any atom is -0.467 e. The van der Waals surface area contributed by atoms with Crippen LogP contribution in [0.15, 0.2) is 59.2 Å². The van der Waals surface area contributed by atoms with E-state index >= 15 is 0 Å². The number of aryl methyl sites for hydroxylation is 1. The fraction of sp³-hybridized carbons (Fsp3) is 0.348. The van der Waals surface area contributed by atoms with Gasteiger partial charge in [0.25, 0.3) is 5.91 Å². The molecule has 7 heteroatoms. The molecule has 7 nitrogen and oxygen atoms in total. The maximum absolute atomic E-state index is 12.5. The van der Waals surface area contributed by atoms with Gasteiger partial charge < -0.3 is 14.6 Å². The molecule has 0 atom stereocenters. The van der Waals surface area contributed by atoms with Crippen molar-refractivity contribution >= 4 is 11.8 Å². The molecule has 1 saturated heterocycles. The Balaban J connectivity index is 1.24. The van der Waals surface area contributed by atoms with Crippen LogP contribution in [0, 0.1) is 0 Å². The van der Waals surface area contributed by atoms with Crippen LogP contribution in [-0.2, 0) is 17.8 Å². The van der Waals surface area contributed by atoms with E-state index in [0.29, 0.717) is 24.4 Å². The standard InChI is InChI=1S/C23H26N4O3/c28-22(9-8-17-5-2-1-3-6-17)27-12-10-18(11-13-27)20-15-21(26-25-20)23(29)24-16-19-7-4-14-30-19/h1-7,14-15,18H,8-13,16H2,(H,24,29)(H,25,26). The number of rotatable bonds is 7. The van der Waals surface area contributed by atoms with Gasteiger partial charge in [0.05, 0.1) is 12.8 Å². The first-order chi connectivity index (χ1) is 14.7. The van der Waals surface area contributed by atoms with E-state index in [1.807, 2.05) is 35.2 Å². The van der Waals surface area contributed by atoms with Gasteiger partial charge in [0, 0.05) is 31.1 Å². The van der Waals surface area contributed by atoms with Crippen LogP contribution in [0.2, 0.25) is 0 Å². The van der Waals surface area contributed by atoms with Gasteiger partial charge in [-0.05, 0) is 43.0 Å². The number of carbonyl (C=O) groups is 2. The molecule has 1 aliphatic rings. The lowest BCUT2D eigenvalue weighted by Crippen LogP contribution is -2.38. The maximum Gasteiger partial charge on any atom is 0.272 e.